The maximum atomic E-state index is 9.03. The van der Waals surface area contributed by atoms with Crippen molar-refractivity contribution < 1.29 is 10.2 Å². The minimum Gasteiger partial charge on any atom is -0.367 e. The molecule has 0 aliphatic heterocycles. The third-order valence-corrected chi connectivity index (χ3v) is 2.58. The normalized spacial score (nSPS) is 12.4. The summed E-state index contributed by atoms with van der Waals surface area (Å²) in [5.74, 6) is 0. The molecule has 0 aromatic rings. The molecule has 2 N–H and O–H groups in total. The summed E-state index contributed by atoms with van der Waals surface area (Å²) in [5, 5.41) is 18.1. The van der Waals surface area contributed by atoms with E-state index in [4.69, 9.17) is 10.2 Å². The van der Waals surface area contributed by atoms with E-state index in [1.54, 1.807) is 0 Å². The minimum absolute atomic E-state index is 0.348. The van der Waals surface area contributed by atoms with E-state index >= 15 is 0 Å². The zero-order chi connectivity index (χ0) is 13.3. The summed E-state index contributed by atoms with van der Waals surface area (Å²) in [6.07, 6.45) is 0.886. The van der Waals surface area contributed by atoms with Gasteiger partial charge in [0.1, 0.15) is 0 Å². The van der Waals surface area contributed by atoms with Crippen molar-refractivity contribution in [3.63, 3.8) is 0 Å². The molecule has 0 fully saturated rings. The molecule has 0 heterocycles. The molecule has 5 nitrogen and oxygen atoms in total. The molecular formula is C12H29N3O2. The first-order chi connectivity index (χ1) is 7.91. The van der Waals surface area contributed by atoms with Gasteiger partial charge in [0.05, 0.1) is 0 Å². The smallest absolute Gasteiger partial charge is 0.164 e. The van der Waals surface area contributed by atoms with E-state index in [0.717, 1.165) is 39.0 Å². The van der Waals surface area contributed by atoms with Gasteiger partial charge in [-0.15, -0.1) is 0 Å². The highest BCUT2D eigenvalue weighted by molar-refractivity contribution is 4.61. The summed E-state index contributed by atoms with van der Waals surface area (Å²) in [7, 11) is 8.21. The van der Waals surface area contributed by atoms with Gasteiger partial charge in [-0.3, -0.25) is 4.90 Å². The fraction of sp³-hybridized carbons (Fsp3) is 1.00. The largest absolute Gasteiger partial charge is 0.367 e. The molecule has 5 heteroatoms. The van der Waals surface area contributed by atoms with Crippen LogP contribution in [0.25, 0.3) is 0 Å². The Labute approximate surface area is 106 Å². The van der Waals surface area contributed by atoms with Gasteiger partial charge in [0.2, 0.25) is 0 Å². The van der Waals surface area contributed by atoms with Gasteiger partial charge < -0.3 is 20.0 Å². The Morgan fingerprint density at radius 1 is 0.765 bits per heavy atom. The summed E-state index contributed by atoms with van der Waals surface area (Å²) < 4.78 is 0. The van der Waals surface area contributed by atoms with Crippen LogP contribution in [0.2, 0.25) is 0 Å². The van der Waals surface area contributed by atoms with E-state index in [0.29, 0.717) is 6.54 Å². The van der Waals surface area contributed by atoms with Crippen molar-refractivity contribution in [1.82, 2.24) is 14.7 Å². The first-order valence-electron chi connectivity index (χ1n) is 6.29. The third-order valence-electron chi connectivity index (χ3n) is 2.58. The Morgan fingerprint density at radius 3 is 1.47 bits per heavy atom. The van der Waals surface area contributed by atoms with Crippen molar-refractivity contribution in [2.45, 2.75) is 19.1 Å². The maximum absolute atomic E-state index is 9.03. The number of hydrogen-bond acceptors (Lipinski definition) is 5. The monoisotopic (exact) mass is 247 g/mol. The van der Waals surface area contributed by atoms with Crippen molar-refractivity contribution in [3.8, 4) is 0 Å². The quantitative estimate of drug-likeness (QED) is 0.510. The topological polar surface area (TPSA) is 50.2 Å². The predicted octanol–water partition coefficient (Wildman–Crippen LogP) is -0.497. The molecule has 0 aromatic carbocycles. The summed E-state index contributed by atoms with van der Waals surface area (Å²) in [6, 6.07) is 0. The highest BCUT2D eigenvalue weighted by Crippen LogP contribution is 1.98. The van der Waals surface area contributed by atoms with E-state index in [-0.39, 0.29) is 0 Å². The van der Waals surface area contributed by atoms with Gasteiger partial charge in [0.15, 0.2) is 6.29 Å². The molecule has 0 saturated carbocycles. The van der Waals surface area contributed by atoms with Crippen molar-refractivity contribution in [2.24, 2.45) is 0 Å². The molecule has 17 heavy (non-hydrogen) atoms. The minimum atomic E-state index is -1.23. The second-order valence-corrected chi connectivity index (χ2v) is 5.09. The van der Waals surface area contributed by atoms with Crippen LogP contribution in [0.4, 0.5) is 0 Å². The fourth-order valence-electron chi connectivity index (χ4n) is 1.75. The van der Waals surface area contributed by atoms with E-state index in [1.807, 2.05) is 0 Å². The molecule has 0 aliphatic rings. The Morgan fingerprint density at radius 2 is 1.18 bits per heavy atom. The van der Waals surface area contributed by atoms with Crippen molar-refractivity contribution in [2.75, 3.05) is 60.9 Å². The average Bonchev–Trinajstić information content (AvgIpc) is 2.15. The standard InChI is InChI=1S/C12H29N3O2/c1-13(2)7-5-9-15(11-12(16)17)10-6-8-14(3)4/h12,16-17H,5-11H2,1-4H3. The van der Waals surface area contributed by atoms with Crippen LogP contribution in [-0.4, -0.2) is 92.1 Å². The van der Waals surface area contributed by atoms with Crippen molar-refractivity contribution in [1.29, 1.82) is 0 Å². The highest BCUT2D eigenvalue weighted by atomic mass is 16.5. The molecule has 0 rings (SSSR count). The van der Waals surface area contributed by atoms with Crippen LogP contribution in [-0.2, 0) is 0 Å². The number of aliphatic hydroxyl groups is 2. The lowest BCUT2D eigenvalue weighted by atomic mass is 10.3. The Hall–Kier alpha value is -0.200. The molecule has 0 bridgehead atoms. The lowest BCUT2D eigenvalue weighted by Gasteiger charge is -2.24. The summed E-state index contributed by atoms with van der Waals surface area (Å²) in [6.45, 7) is 4.25. The SMILES string of the molecule is CN(C)CCCN(CCCN(C)C)CC(O)O. The van der Waals surface area contributed by atoms with Crippen LogP contribution in [0.15, 0.2) is 0 Å². The lowest BCUT2D eigenvalue weighted by Crippen LogP contribution is -2.36. The molecule has 104 valence electrons. The van der Waals surface area contributed by atoms with Crippen LogP contribution in [0.3, 0.4) is 0 Å². The van der Waals surface area contributed by atoms with Gasteiger partial charge in [-0.1, -0.05) is 0 Å². The van der Waals surface area contributed by atoms with Crippen LogP contribution in [0, 0.1) is 0 Å². The fourth-order valence-corrected chi connectivity index (χ4v) is 1.75. The van der Waals surface area contributed by atoms with Gasteiger partial charge >= 0.3 is 0 Å². The number of hydrogen-bond donors (Lipinski definition) is 2. The molecule has 0 radical (unpaired) electrons. The lowest BCUT2D eigenvalue weighted by molar-refractivity contribution is -0.0617. The van der Waals surface area contributed by atoms with Gasteiger partial charge in [-0.2, -0.15) is 0 Å². The van der Waals surface area contributed by atoms with E-state index in [2.05, 4.69) is 42.9 Å². The molecule has 0 spiro atoms. The first-order valence-corrected chi connectivity index (χ1v) is 6.29. The second kappa shape index (κ2) is 9.79. The van der Waals surface area contributed by atoms with Crippen molar-refractivity contribution in [3.05, 3.63) is 0 Å². The van der Waals surface area contributed by atoms with E-state index in [9.17, 15) is 0 Å². The molecule has 0 aromatic heterocycles. The molecular weight excluding hydrogens is 218 g/mol. The second-order valence-electron chi connectivity index (χ2n) is 5.09. The van der Waals surface area contributed by atoms with Gasteiger partial charge in [-0.05, 0) is 67.2 Å². The van der Waals surface area contributed by atoms with Gasteiger partial charge in [-0.25, -0.2) is 0 Å². The van der Waals surface area contributed by atoms with Crippen molar-refractivity contribution >= 4 is 0 Å². The predicted molar refractivity (Wildman–Crippen MR) is 71.0 cm³/mol. The Bertz CT molecular complexity index is 161. The van der Waals surface area contributed by atoms with Crippen LogP contribution < -0.4 is 0 Å². The zero-order valence-electron chi connectivity index (χ0n) is 11.8. The van der Waals surface area contributed by atoms with Crippen LogP contribution >= 0.6 is 0 Å². The van der Waals surface area contributed by atoms with Crippen LogP contribution in [0.1, 0.15) is 12.8 Å². The zero-order valence-corrected chi connectivity index (χ0v) is 11.8. The van der Waals surface area contributed by atoms with E-state index in [1.165, 1.54) is 0 Å². The number of nitrogens with zero attached hydrogens (tertiary/aromatic N) is 3. The molecule has 0 unspecified atom stereocenters. The summed E-state index contributed by atoms with van der Waals surface area (Å²) in [4.78, 5) is 6.42. The first kappa shape index (κ1) is 16.8. The molecule has 0 amide bonds. The van der Waals surface area contributed by atoms with Crippen LogP contribution in [0.5, 0.6) is 0 Å². The third kappa shape index (κ3) is 12.1. The number of rotatable bonds is 10. The number of aliphatic hydroxyl groups excluding tert-OH is 1. The van der Waals surface area contributed by atoms with Gasteiger partial charge in [0.25, 0.3) is 0 Å². The molecule has 0 aliphatic carbocycles. The maximum Gasteiger partial charge on any atom is 0.164 e. The average molecular weight is 247 g/mol. The summed E-state index contributed by atoms with van der Waals surface area (Å²) >= 11 is 0. The van der Waals surface area contributed by atoms with Gasteiger partial charge in [0, 0.05) is 6.54 Å². The highest BCUT2D eigenvalue weighted by Gasteiger charge is 2.09. The summed E-state index contributed by atoms with van der Waals surface area (Å²) in [5.41, 5.74) is 0. The Balaban J connectivity index is 3.79. The molecule has 0 saturated heterocycles. The van der Waals surface area contributed by atoms with E-state index < -0.39 is 6.29 Å². The Kier molecular flexibility index (Phi) is 9.68. The molecule has 0 atom stereocenters.